The predicted molar refractivity (Wildman–Crippen MR) is 93.8 cm³/mol. The third-order valence-electron chi connectivity index (χ3n) is 3.67. The van der Waals surface area contributed by atoms with Gasteiger partial charge in [-0.15, -0.1) is 0 Å². The fourth-order valence-corrected chi connectivity index (χ4v) is 3.11. The van der Waals surface area contributed by atoms with Gasteiger partial charge in [-0.25, -0.2) is 4.98 Å². The van der Waals surface area contributed by atoms with Crippen molar-refractivity contribution in [3.63, 3.8) is 0 Å². The molecule has 1 heterocycles. The number of rotatable bonds is 4. The number of nitrogens with zero attached hydrogens (tertiary/aromatic N) is 2. The lowest BCUT2D eigenvalue weighted by atomic mass is 10.1. The van der Waals surface area contributed by atoms with Gasteiger partial charge in [0.2, 0.25) is 0 Å². The maximum atomic E-state index is 6.34. The highest BCUT2D eigenvalue weighted by atomic mass is 35.5. The van der Waals surface area contributed by atoms with Crippen molar-refractivity contribution in [3.05, 3.63) is 63.9 Å². The van der Waals surface area contributed by atoms with Crippen LogP contribution in [-0.2, 0) is 13.0 Å². The molecule has 0 saturated heterocycles. The molecule has 3 aromatic rings. The fraction of sp³-hybridized carbons (Fsp3) is 0.278. The highest BCUT2D eigenvalue weighted by Gasteiger charge is 2.13. The molecule has 0 aliphatic carbocycles. The van der Waals surface area contributed by atoms with E-state index in [9.17, 15) is 0 Å². The van der Waals surface area contributed by atoms with E-state index in [0.29, 0.717) is 22.5 Å². The molecule has 114 valence electrons. The number of aromatic nitrogens is 2. The zero-order chi connectivity index (χ0) is 15.7. The molecule has 1 aromatic heterocycles. The summed E-state index contributed by atoms with van der Waals surface area (Å²) in [6.45, 7) is 5.12. The Hall–Kier alpha value is -1.51. The van der Waals surface area contributed by atoms with E-state index in [1.165, 1.54) is 0 Å². The molecule has 0 saturated carbocycles. The van der Waals surface area contributed by atoms with Gasteiger partial charge in [-0.2, -0.15) is 0 Å². The normalized spacial score (nSPS) is 11.5. The lowest BCUT2D eigenvalue weighted by Crippen LogP contribution is -2.08. The van der Waals surface area contributed by atoms with Crippen molar-refractivity contribution in [1.29, 1.82) is 0 Å². The van der Waals surface area contributed by atoms with Crippen LogP contribution in [0.4, 0.5) is 0 Å². The topological polar surface area (TPSA) is 17.8 Å². The van der Waals surface area contributed by atoms with Gasteiger partial charge in [-0.1, -0.05) is 55.2 Å². The van der Waals surface area contributed by atoms with Crippen LogP contribution in [0.1, 0.15) is 25.2 Å². The number of para-hydroxylation sites is 2. The Kier molecular flexibility index (Phi) is 4.42. The molecular weight excluding hydrogens is 315 g/mol. The third-order valence-corrected chi connectivity index (χ3v) is 4.25. The second-order valence-electron chi connectivity index (χ2n) is 5.94. The Morgan fingerprint density at radius 2 is 1.86 bits per heavy atom. The number of fused-ring (bicyclic) bond motifs is 1. The van der Waals surface area contributed by atoms with Gasteiger partial charge in [0.25, 0.3) is 0 Å². The minimum absolute atomic E-state index is 0.552. The van der Waals surface area contributed by atoms with Gasteiger partial charge in [-0.3, -0.25) is 0 Å². The number of hydrogen-bond acceptors (Lipinski definition) is 1. The van der Waals surface area contributed by atoms with Gasteiger partial charge in [0.15, 0.2) is 0 Å². The summed E-state index contributed by atoms with van der Waals surface area (Å²) in [4.78, 5) is 4.79. The van der Waals surface area contributed by atoms with Crippen LogP contribution in [0.5, 0.6) is 0 Å². The molecule has 0 aliphatic heterocycles. The smallest absolute Gasteiger partial charge is 0.110 e. The van der Waals surface area contributed by atoms with Crippen LogP contribution in [0.2, 0.25) is 10.0 Å². The Bertz CT molecular complexity index is 806. The quantitative estimate of drug-likeness (QED) is 0.608. The first kappa shape index (κ1) is 15.4. The molecule has 4 heteroatoms. The highest BCUT2D eigenvalue weighted by Crippen LogP contribution is 2.25. The first-order chi connectivity index (χ1) is 10.5. The van der Waals surface area contributed by atoms with Crippen molar-refractivity contribution in [2.75, 3.05) is 0 Å². The maximum Gasteiger partial charge on any atom is 0.110 e. The summed E-state index contributed by atoms with van der Waals surface area (Å²) in [5.41, 5.74) is 3.23. The van der Waals surface area contributed by atoms with Crippen LogP contribution in [0.25, 0.3) is 11.0 Å². The van der Waals surface area contributed by atoms with Crippen molar-refractivity contribution < 1.29 is 0 Å². The van der Waals surface area contributed by atoms with Gasteiger partial charge in [0.1, 0.15) is 5.82 Å². The van der Waals surface area contributed by atoms with Gasteiger partial charge in [-0.05, 0) is 35.7 Å². The minimum Gasteiger partial charge on any atom is -0.323 e. The molecule has 0 bridgehead atoms. The van der Waals surface area contributed by atoms with E-state index in [0.717, 1.165) is 28.8 Å². The Morgan fingerprint density at radius 3 is 2.59 bits per heavy atom. The van der Waals surface area contributed by atoms with Crippen LogP contribution < -0.4 is 0 Å². The summed E-state index contributed by atoms with van der Waals surface area (Å²) < 4.78 is 2.25. The largest absolute Gasteiger partial charge is 0.323 e. The van der Waals surface area contributed by atoms with Crippen molar-refractivity contribution in [1.82, 2.24) is 9.55 Å². The van der Waals surface area contributed by atoms with Crippen molar-refractivity contribution in [2.45, 2.75) is 26.8 Å². The molecular formula is C18H18Cl2N2. The SMILES string of the molecule is CC(C)Cc1nc2ccccc2n1Cc1ccc(Cl)cc1Cl. The Balaban J connectivity index is 2.07. The summed E-state index contributed by atoms with van der Waals surface area (Å²) in [5.74, 6) is 1.65. The first-order valence-corrected chi connectivity index (χ1v) is 8.18. The van der Waals surface area contributed by atoms with Crippen molar-refractivity contribution in [2.24, 2.45) is 5.92 Å². The molecule has 0 atom stereocenters. The number of halogens is 2. The zero-order valence-corrected chi connectivity index (χ0v) is 14.2. The number of benzene rings is 2. The summed E-state index contributed by atoms with van der Waals surface area (Å²) >= 11 is 12.3. The number of hydrogen-bond donors (Lipinski definition) is 0. The van der Waals surface area contributed by atoms with Crippen molar-refractivity contribution in [3.8, 4) is 0 Å². The molecule has 0 aliphatic rings. The van der Waals surface area contributed by atoms with Crippen LogP contribution >= 0.6 is 23.2 Å². The van der Waals surface area contributed by atoms with E-state index in [4.69, 9.17) is 28.2 Å². The average Bonchev–Trinajstić information content (AvgIpc) is 2.79. The van der Waals surface area contributed by atoms with Gasteiger partial charge >= 0.3 is 0 Å². The molecule has 3 rings (SSSR count). The maximum absolute atomic E-state index is 6.34. The summed E-state index contributed by atoms with van der Waals surface area (Å²) in [5, 5.41) is 1.35. The first-order valence-electron chi connectivity index (χ1n) is 7.42. The summed E-state index contributed by atoms with van der Waals surface area (Å²) in [6, 6.07) is 13.9. The lowest BCUT2D eigenvalue weighted by Gasteiger charge is -2.12. The van der Waals surface area contributed by atoms with E-state index in [2.05, 4.69) is 30.5 Å². The second kappa shape index (κ2) is 6.31. The summed E-state index contributed by atoms with van der Waals surface area (Å²) in [7, 11) is 0. The van der Waals surface area contributed by atoms with Crippen LogP contribution in [0.15, 0.2) is 42.5 Å². The van der Waals surface area contributed by atoms with E-state index in [1.807, 2.05) is 24.3 Å². The van der Waals surface area contributed by atoms with Gasteiger partial charge in [0, 0.05) is 16.5 Å². The second-order valence-corrected chi connectivity index (χ2v) is 6.78. The molecule has 0 fully saturated rings. The Morgan fingerprint density at radius 1 is 1.09 bits per heavy atom. The zero-order valence-electron chi connectivity index (χ0n) is 12.7. The van der Waals surface area contributed by atoms with E-state index in [1.54, 1.807) is 6.07 Å². The average molecular weight is 333 g/mol. The van der Waals surface area contributed by atoms with Gasteiger partial charge in [0.05, 0.1) is 17.6 Å². The van der Waals surface area contributed by atoms with Crippen LogP contribution in [0, 0.1) is 5.92 Å². The third kappa shape index (κ3) is 3.13. The highest BCUT2D eigenvalue weighted by molar-refractivity contribution is 6.35. The van der Waals surface area contributed by atoms with E-state index >= 15 is 0 Å². The standard InChI is InChI=1S/C18H18Cl2N2/c1-12(2)9-18-21-16-5-3-4-6-17(16)22(18)11-13-7-8-14(19)10-15(13)20/h3-8,10,12H,9,11H2,1-2H3. The van der Waals surface area contributed by atoms with E-state index < -0.39 is 0 Å². The Labute approximate surface area is 140 Å². The molecule has 0 spiro atoms. The molecule has 0 unspecified atom stereocenters. The molecule has 0 N–H and O–H groups in total. The van der Waals surface area contributed by atoms with Crippen LogP contribution in [-0.4, -0.2) is 9.55 Å². The van der Waals surface area contributed by atoms with Crippen molar-refractivity contribution >= 4 is 34.2 Å². The summed E-state index contributed by atoms with van der Waals surface area (Å²) in [6.07, 6.45) is 0.944. The molecule has 22 heavy (non-hydrogen) atoms. The fourth-order valence-electron chi connectivity index (χ4n) is 2.64. The van der Waals surface area contributed by atoms with Gasteiger partial charge < -0.3 is 4.57 Å². The molecule has 0 amide bonds. The monoisotopic (exact) mass is 332 g/mol. The lowest BCUT2D eigenvalue weighted by molar-refractivity contribution is 0.595. The van der Waals surface area contributed by atoms with E-state index in [-0.39, 0.29) is 0 Å². The number of imidazole rings is 1. The molecule has 2 nitrogen and oxygen atoms in total. The molecule has 2 aromatic carbocycles. The predicted octanol–water partition coefficient (Wildman–Crippen LogP) is 5.59. The molecule has 0 radical (unpaired) electrons. The minimum atomic E-state index is 0.552. The van der Waals surface area contributed by atoms with Crippen LogP contribution in [0.3, 0.4) is 0 Å².